The fraction of sp³-hybridized carbons (Fsp3) is 0.400. The second kappa shape index (κ2) is 5.85. The summed E-state index contributed by atoms with van der Waals surface area (Å²) >= 11 is 0. The summed E-state index contributed by atoms with van der Waals surface area (Å²) in [6.45, 7) is 0.916. The molecule has 27 heavy (non-hydrogen) atoms. The van der Waals surface area contributed by atoms with Gasteiger partial charge in [-0.2, -0.15) is 0 Å². The topological polar surface area (TPSA) is 96.3 Å². The molecule has 2 aromatic carbocycles. The van der Waals surface area contributed by atoms with Crippen molar-refractivity contribution < 1.29 is 29.3 Å². The van der Waals surface area contributed by atoms with E-state index in [0.29, 0.717) is 12.3 Å². The summed E-state index contributed by atoms with van der Waals surface area (Å²) < 4.78 is 11.0. The monoisotopic (exact) mass is 371 g/mol. The van der Waals surface area contributed by atoms with Crippen molar-refractivity contribution >= 4 is 22.7 Å². The van der Waals surface area contributed by atoms with E-state index in [9.17, 15) is 19.8 Å². The molecule has 2 fully saturated rings. The van der Waals surface area contributed by atoms with Crippen molar-refractivity contribution in [2.24, 2.45) is 10.8 Å². The number of hydrogen-bond acceptors (Lipinski definition) is 5. The van der Waals surface area contributed by atoms with E-state index < -0.39 is 22.8 Å². The normalized spacial score (nSPS) is 26.6. The van der Waals surface area contributed by atoms with E-state index in [2.05, 4.69) is 0 Å². The maximum Gasteiger partial charge on any atom is 0.312 e. The van der Waals surface area contributed by atoms with Gasteiger partial charge in [0.2, 0.25) is 0 Å². The second-order valence-electron chi connectivity index (χ2n) is 7.41. The Morgan fingerprint density at radius 2 is 1.63 bits per heavy atom. The first-order valence-electron chi connectivity index (χ1n) is 8.70. The van der Waals surface area contributed by atoms with E-state index in [0.717, 1.165) is 22.1 Å². The zero-order valence-corrected chi connectivity index (χ0v) is 15.2. The molecule has 0 unspecified atom stereocenters. The quantitative estimate of drug-likeness (QED) is 0.804. The summed E-state index contributed by atoms with van der Waals surface area (Å²) in [5.41, 5.74) is -1.40. The summed E-state index contributed by atoms with van der Waals surface area (Å²) in [6.07, 6.45) is 0.202. The highest BCUT2D eigenvalue weighted by atomic mass is 16.5. The van der Waals surface area contributed by atoms with Crippen LogP contribution in [0.1, 0.15) is 12.0 Å². The van der Waals surface area contributed by atoms with Crippen LogP contribution in [0.2, 0.25) is 0 Å². The highest BCUT2D eigenvalue weighted by molar-refractivity contribution is 5.96. The molecule has 1 heterocycles. The number of piperidine rings is 1. The van der Waals surface area contributed by atoms with Crippen LogP contribution in [0, 0.1) is 10.8 Å². The van der Waals surface area contributed by atoms with Gasteiger partial charge >= 0.3 is 11.9 Å². The lowest BCUT2D eigenvalue weighted by Crippen LogP contribution is -2.28. The summed E-state index contributed by atoms with van der Waals surface area (Å²) in [5, 5.41) is 21.0. The molecule has 4 rings (SSSR count). The number of carboxylic acids is 2. The lowest BCUT2D eigenvalue weighted by atomic mass is 9.97. The smallest absolute Gasteiger partial charge is 0.312 e. The van der Waals surface area contributed by atoms with Crippen molar-refractivity contribution in [1.29, 1.82) is 0 Å². The number of carbonyl (C=O) groups is 2. The maximum atomic E-state index is 11.7. The first-order valence-corrected chi connectivity index (χ1v) is 8.70. The van der Waals surface area contributed by atoms with E-state index in [1.807, 2.05) is 35.2 Å². The van der Waals surface area contributed by atoms with Gasteiger partial charge in [-0.25, -0.2) is 0 Å². The van der Waals surface area contributed by atoms with Gasteiger partial charge in [0.05, 0.1) is 25.0 Å². The molecule has 1 saturated carbocycles. The first-order chi connectivity index (χ1) is 12.9. The Bertz CT molecular complexity index is 929. The molecule has 2 N–H and O–H groups in total. The van der Waals surface area contributed by atoms with Gasteiger partial charge in [0, 0.05) is 30.4 Å². The van der Waals surface area contributed by atoms with Gasteiger partial charge in [-0.15, -0.1) is 0 Å². The molecule has 2 aromatic rings. The molecule has 0 amide bonds. The molecule has 0 spiro atoms. The molecule has 142 valence electrons. The van der Waals surface area contributed by atoms with Crippen LogP contribution < -0.4 is 9.47 Å². The number of rotatable bonds is 6. The number of carboxylic acid groups (broad SMARTS) is 2. The minimum atomic E-state index is -1.18. The van der Waals surface area contributed by atoms with Crippen LogP contribution in [0.4, 0.5) is 0 Å². The van der Waals surface area contributed by atoms with Crippen LogP contribution in [0.15, 0.2) is 30.3 Å². The van der Waals surface area contributed by atoms with Gasteiger partial charge < -0.3 is 19.7 Å². The summed E-state index contributed by atoms with van der Waals surface area (Å²) in [5.74, 6) is -0.623. The second-order valence-corrected chi connectivity index (χ2v) is 7.41. The van der Waals surface area contributed by atoms with E-state index in [-0.39, 0.29) is 19.5 Å². The van der Waals surface area contributed by atoms with E-state index >= 15 is 0 Å². The van der Waals surface area contributed by atoms with Crippen molar-refractivity contribution in [3.63, 3.8) is 0 Å². The Morgan fingerprint density at radius 1 is 1.00 bits per heavy atom. The lowest BCUT2D eigenvalue weighted by molar-refractivity contribution is -0.151. The molecule has 7 nitrogen and oxygen atoms in total. The highest BCUT2D eigenvalue weighted by Crippen LogP contribution is 2.68. The van der Waals surface area contributed by atoms with Crippen LogP contribution >= 0.6 is 0 Å². The minimum Gasteiger partial charge on any atom is -0.496 e. The summed E-state index contributed by atoms with van der Waals surface area (Å²) in [7, 11) is 3.21. The molecule has 1 saturated heterocycles. The van der Waals surface area contributed by atoms with Crippen LogP contribution in [0.5, 0.6) is 11.5 Å². The largest absolute Gasteiger partial charge is 0.496 e. The lowest BCUT2D eigenvalue weighted by Gasteiger charge is -2.22. The van der Waals surface area contributed by atoms with Crippen LogP contribution in [-0.2, 0) is 16.1 Å². The van der Waals surface area contributed by atoms with Gasteiger partial charge in [-0.3, -0.25) is 14.5 Å². The molecule has 0 radical (unpaired) electrons. The molecule has 2 atom stereocenters. The number of likely N-dealkylation sites (tertiary alicyclic amines) is 1. The molecule has 2 aliphatic rings. The molecule has 7 heteroatoms. The molecule has 0 aromatic heterocycles. The number of benzene rings is 2. The molecule has 0 bridgehead atoms. The van der Waals surface area contributed by atoms with Gasteiger partial charge in [0.25, 0.3) is 0 Å². The minimum absolute atomic E-state index is 0.202. The summed E-state index contributed by atoms with van der Waals surface area (Å²) in [4.78, 5) is 25.4. The van der Waals surface area contributed by atoms with E-state index in [4.69, 9.17) is 9.47 Å². The van der Waals surface area contributed by atoms with Crippen molar-refractivity contribution in [3.05, 3.63) is 35.9 Å². The predicted molar refractivity (Wildman–Crippen MR) is 97.1 cm³/mol. The highest BCUT2D eigenvalue weighted by Gasteiger charge is 2.80. The van der Waals surface area contributed by atoms with Crippen molar-refractivity contribution in [3.8, 4) is 11.5 Å². The Balaban J connectivity index is 1.72. The zero-order valence-electron chi connectivity index (χ0n) is 15.2. The molecular formula is C20H21NO6. The average molecular weight is 371 g/mol. The Hall–Kier alpha value is -2.80. The van der Waals surface area contributed by atoms with Crippen LogP contribution in [0.25, 0.3) is 10.8 Å². The van der Waals surface area contributed by atoms with Gasteiger partial charge in [0.1, 0.15) is 11.5 Å². The van der Waals surface area contributed by atoms with Crippen LogP contribution in [-0.4, -0.2) is 54.4 Å². The third kappa shape index (κ3) is 2.31. The molecule has 1 aliphatic carbocycles. The van der Waals surface area contributed by atoms with Crippen LogP contribution in [0.3, 0.4) is 0 Å². The first kappa shape index (κ1) is 17.6. The zero-order chi connectivity index (χ0) is 19.4. The van der Waals surface area contributed by atoms with E-state index in [1.54, 1.807) is 14.2 Å². The van der Waals surface area contributed by atoms with Crippen molar-refractivity contribution in [2.75, 3.05) is 27.3 Å². The Labute approximate surface area is 156 Å². The number of nitrogens with zero attached hydrogens (tertiary/aromatic N) is 1. The fourth-order valence-corrected chi connectivity index (χ4v) is 4.65. The van der Waals surface area contributed by atoms with Crippen molar-refractivity contribution in [1.82, 2.24) is 4.90 Å². The van der Waals surface area contributed by atoms with Gasteiger partial charge in [-0.05, 0) is 24.1 Å². The number of methoxy groups -OCH3 is 2. The fourth-order valence-electron chi connectivity index (χ4n) is 4.65. The van der Waals surface area contributed by atoms with Gasteiger partial charge in [-0.1, -0.05) is 18.2 Å². The standard InChI is InChI=1S/C20H21NO6/c1-26-14-7-6-12(16-13(14)4-3-5-15(16)27-2)8-21-10-19(17(22)23)9-20(19,11-21)18(24)25/h3-7H,8-11H2,1-2H3,(H,22,23)(H,24,25)/t19-,20+. The predicted octanol–water partition coefficient (Wildman–Crippen LogP) is 2.22. The number of hydrogen-bond donors (Lipinski definition) is 2. The number of aliphatic carboxylic acids is 2. The van der Waals surface area contributed by atoms with E-state index in [1.165, 1.54) is 0 Å². The Kier molecular flexibility index (Phi) is 3.82. The third-order valence-electron chi connectivity index (χ3n) is 6.08. The number of ether oxygens (including phenoxy) is 2. The van der Waals surface area contributed by atoms with Crippen molar-refractivity contribution in [2.45, 2.75) is 13.0 Å². The van der Waals surface area contributed by atoms with Gasteiger partial charge in [0.15, 0.2) is 0 Å². The summed E-state index contributed by atoms with van der Waals surface area (Å²) in [6, 6.07) is 9.49. The SMILES string of the molecule is COc1ccc(CN2C[C@@]3(C(=O)O)C[C@@]3(C(=O)O)C2)c2c(OC)cccc12. The molecule has 1 aliphatic heterocycles. The average Bonchev–Trinajstić information content (AvgIpc) is 3.20. The maximum absolute atomic E-state index is 11.7. The Morgan fingerprint density at radius 3 is 2.19 bits per heavy atom. The third-order valence-corrected chi connectivity index (χ3v) is 6.08. The molecular weight excluding hydrogens is 350 g/mol. The number of fused-ring (bicyclic) bond motifs is 2.